The lowest BCUT2D eigenvalue weighted by Gasteiger charge is -2.69. The molecule has 2 N–H and O–H groups in total. The zero-order chi connectivity index (χ0) is 70.9. The van der Waals surface area contributed by atoms with Crippen molar-refractivity contribution in [2.24, 2.45) is 21.7 Å². The van der Waals surface area contributed by atoms with Gasteiger partial charge in [0.1, 0.15) is 17.0 Å². The van der Waals surface area contributed by atoms with Crippen LogP contribution in [0.25, 0.3) is 21.3 Å². The van der Waals surface area contributed by atoms with Crippen LogP contribution < -0.4 is 20.6 Å². The summed E-state index contributed by atoms with van der Waals surface area (Å²) in [5, 5.41) is 23.3. The highest BCUT2D eigenvalue weighted by molar-refractivity contribution is 7.86. The van der Waals surface area contributed by atoms with E-state index in [1.165, 1.54) is 11.3 Å². The molecule has 3 unspecified atom stereocenters. The molecule has 99 heavy (non-hydrogen) atoms. The van der Waals surface area contributed by atoms with E-state index in [9.17, 15) is 27.9 Å². The number of thiazole rings is 1. The Morgan fingerprint density at radius 2 is 1.40 bits per heavy atom. The number of aromatic nitrogens is 4. The molecule has 5 fully saturated rings. The Labute approximate surface area is 590 Å². The van der Waals surface area contributed by atoms with Crippen molar-refractivity contribution in [3.8, 4) is 11.1 Å². The Morgan fingerprint density at radius 1 is 0.758 bits per heavy atom. The number of fused-ring (bicyclic) bond motifs is 2. The van der Waals surface area contributed by atoms with Crippen LogP contribution in [0.4, 0.5) is 15.7 Å². The van der Waals surface area contributed by atoms with Crippen LogP contribution in [-0.2, 0) is 48.0 Å². The highest BCUT2D eigenvalue weighted by Gasteiger charge is 2.66. The van der Waals surface area contributed by atoms with E-state index >= 15 is 0 Å². The number of pyridine rings is 1. The van der Waals surface area contributed by atoms with E-state index in [0.717, 1.165) is 81.5 Å². The molecule has 4 saturated carbocycles. The molecule has 4 aromatic carbocycles. The summed E-state index contributed by atoms with van der Waals surface area (Å²) in [6, 6.07) is 38.1. The molecule has 2 aliphatic heterocycles. The fraction of sp³-hybridized carbons (Fsp3) is 0.538. The molecule has 1 saturated heterocycles. The van der Waals surface area contributed by atoms with Crippen LogP contribution in [0.3, 0.4) is 0 Å². The lowest BCUT2D eigenvalue weighted by Crippen LogP contribution is -2.72. The number of amides is 2. The van der Waals surface area contributed by atoms with E-state index in [1.807, 2.05) is 147 Å². The average Bonchev–Trinajstić information content (AvgIpc) is 0.940. The van der Waals surface area contributed by atoms with Crippen molar-refractivity contribution in [2.45, 2.75) is 195 Å². The van der Waals surface area contributed by atoms with Crippen LogP contribution in [0.1, 0.15) is 173 Å². The summed E-state index contributed by atoms with van der Waals surface area (Å²) in [5.41, 5.74) is 2.39. The fourth-order valence-corrected chi connectivity index (χ4v) is 26.4. The fourth-order valence-electron chi connectivity index (χ4n) is 18.4. The molecule has 2 amide bonds. The predicted octanol–water partition coefficient (Wildman–Crippen LogP) is 13.4. The van der Waals surface area contributed by atoms with Gasteiger partial charge in [0.25, 0.3) is 16.0 Å². The molecule has 21 heteroatoms. The number of likely N-dealkylation sites (tertiary alicyclic amines) is 1. The third kappa shape index (κ3) is 15.5. The van der Waals surface area contributed by atoms with Crippen molar-refractivity contribution in [2.75, 3.05) is 61.9 Å². The van der Waals surface area contributed by atoms with E-state index in [0.29, 0.717) is 80.8 Å². The standard InChI is InChI=1S/C78H102N8O10S2Si/c1-53-60(58-32-33-64(81-66(58)68(89)95-71(2,3)4)84-35-34-54-24-23-29-59(61(54)44-84)67(88)82-69-80-62-30-21-22-31-63(62)97-69)41-79-86(53)51-77-46-75(13)45-76(14,47-77)49-78(48-75,50-77)93-38-36-83(55-42-85(43-55)70(90)96-72(5,6)7)37-39-98(91,92)94-52-74(11,12)40-65(87)99(73(8,9)10,56-25-17-15-18-26-56)57-27-19-16-20-28-57/h15-33,41,55,65,87H,34-40,42-52H2,1-14H3,(H,80,82,88). The number of hydrogen-bond acceptors (Lipinski definition) is 16. The number of hydrogen-bond donors (Lipinski definition) is 2. The second-order valence-corrected chi connectivity index (χ2v) is 41.6. The summed E-state index contributed by atoms with van der Waals surface area (Å²) in [6.45, 7) is 31.9. The molecule has 6 aliphatic rings. The number of aliphatic hydroxyl groups excluding tert-OH is 1. The van der Waals surface area contributed by atoms with Gasteiger partial charge in [0.2, 0.25) is 0 Å². The van der Waals surface area contributed by atoms with Gasteiger partial charge in [-0.2, -0.15) is 13.5 Å². The number of nitrogens with one attached hydrogen (secondary N) is 1. The van der Waals surface area contributed by atoms with Gasteiger partial charge in [-0.15, -0.1) is 0 Å². The highest BCUT2D eigenvalue weighted by atomic mass is 32.2. The molecule has 7 aromatic rings. The summed E-state index contributed by atoms with van der Waals surface area (Å²) < 4.78 is 56.7. The first kappa shape index (κ1) is 72.0. The van der Waals surface area contributed by atoms with Crippen molar-refractivity contribution >= 4 is 79.0 Å². The lowest BCUT2D eigenvalue weighted by molar-refractivity contribution is -0.249. The number of ether oxygens (including phenoxy) is 3. The normalized spacial score (nSPS) is 22.3. The van der Waals surface area contributed by atoms with Crippen molar-refractivity contribution in [3.63, 3.8) is 0 Å². The molecule has 3 atom stereocenters. The molecule has 3 aromatic heterocycles. The molecule has 18 nitrogen and oxygen atoms in total. The number of aliphatic hydroxyl groups is 1. The zero-order valence-electron chi connectivity index (χ0n) is 60.5. The second-order valence-electron chi connectivity index (χ2n) is 33.9. The summed E-state index contributed by atoms with van der Waals surface area (Å²) >= 11 is 1.44. The minimum absolute atomic E-state index is 0.00327. The smallest absolute Gasteiger partial charge is 0.410 e. The van der Waals surface area contributed by atoms with Gasteiger partial charge in [-0.05, 0) is 168 Å². The Kier molecular flexibility index (Phi) is 19.5. The lowest BCUT2D eigenvalue weighted by atomic mass is 9.39. The van der Waals surface area contributed by atoms with E-state index in [4.69, 9.17) is 28.5 Å². The summed E-state index contributed by atoms with van der Waals surface area (Å²) in [4.78, 5) is 57.5. The minimum Gasteiger partial charge on any atom is -0.455 e. The second kappa shape index (κ2) is 26.8. The van der Waals surface area contributed by atoms with E-state index in [1.54, 1.807) is 4.90 Å². The highest BCUT2D eigenvalue weighted by Crippen LogP contribution is 2.72. The first-order chi connectivity index (χ1) is 46.5. The topological polar surface area (TPSA) is 208 Å². The largest absolute Gasteiger partial charge is 0.455 e. The average molecular weight is 1400 g/mol. The first-order valence-corrected chi connectivity index (χ1v) is 39.7. The van der Waals surface area contributed by atoms with Crippen LogP contribution in [0.15, 0.2) is 121 Å². The Balaban J connectivity index is 0.741. The first-order valence-electron chi connectivity index (χ1n) is 35.3. The molecule has 0 radical (unpaired) electrons. The number of carbonyl (C=O) groups excluding carboxylic acids is 3. The summed E-state index contributed by atoms with van der Waals surface area (Å²) in [5.74, 6) is -0.426. The Morgan fingerprint density at radius 3 is 2.04 bits per heavy atom. The van der Waals surface area contributed by atoms with Gasteiger partial charge < -0.3 is 29.1 Å². The van der Waals surface area contributed by atoms with Crippen molar-refractivity contribution in [1.29, 1.82) is 0 Å². The number of nitrogens with zero attached hydrogens (tertiary/aromatic N) is 7. The van der Waals surface area contributed by atoms with Crippen LogP contribution in [-0.4, -0.2) is 149 Å². The maximum atomic E-state index is 14.5. The van der Waals surface area contributed by atoms with E-state index in [-0.39, 0.29) is 57.8 Å². The Bertz CT molecular complexity index is 4160. The van der Waals surface area contributed by atoms with Crippen LogP contribution in [0, 0.1) is 28.6 Å². The van der Waals surface area contributed by atoms with Crippen molar-refractivity contribution in [1.82, 2.24) is 29.5 Å². The van der Waals surface area contributed by atoms with Crippen LogP contribution in [0.5, 0.6) is 0 Å². The quantitative estimate of drug-likeness (QED) is 0.0347. The van der Waals surface area contributed by atoms with Crippen LogP contribution in [0.2, 0.25) is 5.04 Å². The van der Waals surface area contributed by atoms with Gasteiger partial charge in [0.15, 0.2) is 18.9 Å². The van der Waals surface area contributed by atoms with E-state index < -0.39 is 58.2 Å². The molecular weight excluding hydrogens is 1300 g/mol. The van der Waals surface area contributed by atoms with Crippen molar-refractivity contribution in [3.05, 3.63) is 150 Å². The van der Waals surface area contributed by atoms with Gasteiger partial charge in [-0.1, -0.05) is 155 Å². The predicted molar refractivity (Wildman–Crippen MR) is 394 cm³/mol. The molecule has 4 aliphatic carbocycles. The summed E-state index contributed by atoms with van der Waals surface area (Å²) in [7, 11) is -7.03. The molecule has 13 rings (SSSR count). The SMILES string of the molecule is Cc1c(-c2ccc(N3CCc4cccc(C(=O)Nc5nc6ccccc6s5)c4C3)nc2C(=O)OC(C)(C)C)cnn1CC12CC3(C)CC(C)(C1)CC(OCCN(CCS(=O)(=O)OCC(C)(C)CC(O)[Si](c1ccccc1)(c1ccccc1)C(C)(C)C)C1CN(C(=O)OC(C)(C)C)C1)(C3)C2. The third-order valence-electron chi connectivity index (χ3n) is 21.3. The van der Waals surface area contributed by atoms with Gasteiger partial charge in [0.05, 0.1) is 46.7 Å². The maximum Gasteiger partial charge on any atom is 0.410 e. The van der Waals surface area contributed by atoms with Gasteiger partial charge >= 0.3 is 12.1 Å². The number of anilines is 2. The number of carbonyl (C=O) groups is 3. The van der Waals surface area contributed by atoms with Crippen molar-refractivity contribution < 1.29 is 46.3 Å². The van der Waals surface area contributed by atoms with E-state index in [2.05, 4.69) is 96.7 Å². The van der Waals surface area contributed by atoms with Gasteiger partial charge in [-0.25, -0.2) is 19.6 Å². The molecular formula is C78H102N8O10S2Si. The van der Waals surface area contributed by atoms with Gasteiger partial charge in [-0.3, -0.25) is 23.9 Å². The zero-order valence-corrected chi connectivity index (χ0v) is 63.1. The number of benzene rings is 4. The summed E-state index contributed by atoms with van der Waals surface area (Å²) in [6.07, 6.45) is 8.25. The molecule has 4 bridgehead atoms. The van der Waals surface area contributed by atoms with Crippen LogP contribution >= 0.6 is 11.3 Å². The third-order valence-corrected chi connectivity index (χ3v) is 29.5. The minimum atomic E-state index is -4.07. The molecule has 530 valence electrons. The molecule has 5 heterocycles. The van der Waals surface area contributed by atoms with Gasteiger partial charge in [0, 0.05) is 74.2 Å². The number of rotatable bonds is 23. The number of esters is 1. The molecule has 0 spiro atoms. The monoisotopic (exact) mass is 1400 g/mol. The Hall–Kier alpha value is -6.85. The maximum absolute atomic E-state index is 14.5. The number of para-hydroxylation sites is 1.